The molecular formula is C91H156O16P2. The number of carbonyl (C=O) groups is 3. The highest BCUT2D eigenvalue weighted by Gasteiger charge is 2.29. The van der Waals surface area contributed by atoms with Gasteiger partial charge in [0.2, 0.25) is 0 Å². The van der Waals surface area contributed by atoms with Crippen molar-refractivity contribution < 1.29 is 75.8 Å². The van der Waals surface area contributed by atoms with E-state index in [1.54, 1.807) is 0 Å². The number of carbonyl (C=O) groups excluding carboxylic acids is 3. The van der Waals surface area contributed by atoms with Gasteiger partial charge in [-0.25, -0.2) is 9.13 Å². The molecule has 0 aliphatic rings. The van der Waals surface area contributed by atoms with Gasteiger partial charge in [0.05, 0.1) is 26.4 Å². The number of ether oxygens (including phenoxy) is 3. The minimum Gasteiger partial charge on any atom is -0.463 e. The van der Waals surface area contributed by atoms with Gasteiger partial charge in [0.1, 0.15) is 25.4 Å². The van der Waals surface area contributed by atoms with E-state index < -0.39 is 91.5 Å². The average Bonchev–Trinajstić information content (AvgIpc) is 0.904. The van der Waals surface area contributed by atoms with Crippen molar-refractivity contribution in [2.45, 2.75) is 373 Å². The third-order valence-electron chi connectivity index (χ3n) is 18.0. The van der Waals surface area contributed by atoms with Crippen molar-refractivity contribution in [2.75, 3.05) is 39.6 Å². The fourth-order valence-electron chi connectivity index (χ4n) is 11.5. The van der Waals surface area contributed by atoms with Crippen LogP contribution in [-0.2, 0) is 55.8 Å². The second-order valence-corrected chi connectivity index (χ2v) is 31.5. The number of allylic oxidation sites excluding steroid dienone is 24. The largest absolute Gasteiger partial charge is 0.472 e. The molecule has 109 heavy (non-hydrogen) atoms. The molecule has 0 aliphatic heterocycles. The standard InChI is InChI=1S/C91H156O16P2/c1-4-7-10-13-16-19-22-25-28-30-32-34-36-38-40-41-42-43-45-47-48-50-52-54-57-59-62-65-68-71-74-77-89(94)101-80-86(92)81-103-108(97,98)104-82-87(93)83-105-109(99,100)106-85-88(107-91(96)79-76-73-70-67-64-61-56-27-24-21-18-15-12-9-6-3)84-102-90(95)78-75-72-69-66-63-60-58-55-53-51-49-46-44-39-37-35-33-31-29-26-23-20-17-14-11-8-5-2/h8-9,11-12,16-21,25-29,32-35,38-40,44,56,86-88,92-93H,4-7,10,13-15,22-24,30-31,36-37,41-43,45-55,57-85H2,1-3H3,(H,97,98)(H,99,100)/b11-8-,12-9-,19-16-,20-17-,21-18-,28-25-,29-26-,34-32-,35-33-,40-38-,44-39-,56-27-. The second kappa shape index (κ2) is 82.9. The Labute approximate surface area is 664 Å². The van der Waals surface area contributed by atoms with E-state index in [0.717, 1.165) is 154 Å². The number of hydrogen-bond donors (Lipinski definition) is 4. The van der Waals surface area contributed by atoms with Crippen molar-refractivity contribution in [2.24, 2.45) is 0 Å². The fourth-order valence-corrected chi connectivity index (χ4v) is 13.1. The molecule has 0 aliphatic carbocycles. The van der Waals surface area contributed by atoms with E-state index in [0.29, 0.717) is 19.3 Å². The molecule has 18 heteroatoms. The quantitative estimate of drug-likeness (QED) is 0.0146. The summed E-state index contributed by atoms with van der Waals surface area (Å²) in [5, 5.41) is 20.7. The van der Waals surface area contributed by atoms with Gasteiger partial charge in [0, 0.05) is 19.3 Å². The number of phosphoric acid groups is 2. The van der Waals surface area contributed by atoms with E-state index in [9.17, 15) is 43.5 Å². The van der Waals surface area contributed by atoms with Gasteiger partial charge in [-0.15, -0.1) is 0 Å². The number of aliphatic hydroxyl groups excluding tert-OH is 2. The second-order valence-electron chi connectivity index (χ2n) is 28.6. The van der Waals surface area contributed by atoms with Crippen LogP contribution in [0.1, 0.15) is 355 Å². The van der Waals surface area contributed by atoms with Gasteiger partial charge in [0.25, 0.3) is 0 Å². The highest BCUT2D eigenvalue weighted by molar-refractivity contribution is 7.47. The number of hydrogen-bond acceptors (Lipinski definition) is 14. The highest BCUT2D eigenvalue weighted by atomic mass is 31.2. The van der Waals surface area contributed by atoms with Crippen molar-refractivity contribution >= 4 is 33.6 Å². The summed E-state index contributed by atoms with van der Waals surface area (Å²) in [6, 6.07) is 0. The van der Waals surface area contributed by atoms with Crippen LogP contribution >= 0.6 is 15.6 Å². The predicted molar refractivity (Wildman–Crippen MR) is 454 cm³/mol. The molecule has 0 radical (unpaired) electrons. The summed E-state index contributed by atoms with van der Waals surface area (Å²) in [6.07, 6.45) is 103. The Kier molecular flexibility index (Phi) is 79.4. The molecule has 0 heterocycles. The van der Waals surface area contributed by atoms with Crippen LogP contribution in [0.15, 0.2) is 146 Å². The van der Waals surface area contributed by atoms with E-state index in [2.05, 4.69) is 167 Å². The summed E-state index contributed by atoms with van der Waals surface area (Å²) in [5.41, 5.74) is 0. The first-order valence-electron chi connectivity index (χ1n) is 43.1. The van der Waals surface area contributed by atoms with Gasteiger partial charge in [-0.1, -0.05) is 340 Å². The van der Waals surface area contributed by atoms with Crippen LogP contribution < -0.4 is 0 Å². The lowest BCUT2D eigenvalue weighted by atomic mass is 10.0. The smallest absolute Gasteiger partial charge is 0.463 e. The van der Waals surface area contributed by atoms with E-state index in [1.165, 1.54) is 141 Å². The summed E-state index contributed by atoms with van der Waals surface area (Å²) in [6.45, 7) is 2.43. The minimum absolute atomic E-state index is 0.0817. The van der Waals surface area contributed by atoms with Gasteiger partial charge in [-0.05, 0) is 141 Å². The zero-order valence-corrected chi connectivity index (χ0v) is 70.5. The Morgan fingerprint density at radius 3 is 0.771 bits per heavy atom. The maximum atomic E-state index is 13.0. The van der Waals surface area contributed by atoms with Crippen LogP contribution in [0.25, 0.3) is 0 Å². The Morgan fingerprint density at radius 2 is 0.486 bits per heavy atom. The first-order chi connectivity index (χ1) is 53.2. The molecule has 0 aromatic rings. The predicted octanol–water partition coefficient (Wildman–Crippen LogP) is 26.0. The maximum absolute atomic E-state index is 13.0. The summed E-state index contributed by atoms with van der Waals surface area (Å²) in [7, 11) is -9.80. The minimum atomic E-state index is -4.94. The molecule has 4 N–H and O–H groups in total. The Hall–Kier alpha value is -4.57. The molecule has 0 aromatic carbocycles. The zero-order valence-electron chi connectivity index (χ0n) is 68.7. The van der Waals surface area contributed by atoms with Crippen LogP contribution in [0.5, 0.6) is 0 Å². The van der Waals surface area contributed by atoms with Crippen molar-refractivity contribution in [3.8, 4) is 0 Å². The molecular weight excluding hydrogens is 1410 g/mol. The molecule has 0 bridgehead atoms. The number of unbranched alkanes of at least 4 members (excludes halogenated alkanes) is 34. The Morgan fingerprint density at radius 1 is 0.266 bits per heavy atom. The normalized spacial score (nSPS) is 14.6. The molecule has 0 rings (SSSR count). The number of aliphatic hydroxyl groups is 2. The molecule has 0 fully saturated rings. The summed E-state index contributed by atoms with van der Waals surface area (Å²) < 4.78 is 61.3. The molecule has 626 valence electrons. The van der Waals surface area contributed by atoms with Crippen molar-refractivity contribution in [3.05, 3.63) is 146 Å². The molecule has 5 atom stereocenters. The summed E-state index contributed by atoms with van der Waals surface area (Å²) in [4.78, 5) is 58.8. The highest BCUT2D eigenvalue weighted by Crippen LogP contribution is 2.45. The van der Waals surface area contributed by atoms with Crippen LogP contribution in [-0.4, -0.2) is 95.9 Å². The van der Waals surface area contributed by atoms with Gasteiger partial charge >= 0.3 is 33.6 Å². The topological polar surface area (TPSA) is 231 Å². The third-order valence-corrected chi connectivity index (χ3v) is 19.9. The zero-order chi connectivity index (χ0) is 79.4. The third kappa shape index (κ3) is 84.2. The van der Waals surface area contributed by atoms with Crippen molar-refractivity contribution in [1.29, 1.82) is 0 Å². The van der Waals surface area contributed by atoms with E-state index >= 15 is 0 Å². The first kappa shape index (κ1) is 104. The van der Waals surface area contributed by atoms with Crippen LogP contribution in [0.3, 0.4) is 0 Å². The molecule has 0 spiro atoms. The monoisotopic (exact) mass is 1570 g/mol. The van der Waals surface area contributed by atoms with Gasteiger partial charge < -0.3 is 34.2 Å². The van der Waals surface area contributed by atoms with Gasteiger partial charge in [-0.3, -0.25) is 32.5 Å². The maximum Gasteiger partial charge on any atom is 0.472 e. The van der Waals surface area contributed by atoms with Crippen LogP contribution in [0.4, 0.5) is 0 Å². The Bertz CT molecular complexity index is 2560. The lowest BCUT2D eigenvalue weighted by molar-refractivity contribution is -0.161. The van der Waals surface area contributed by atoms with Crippen LogP contribution in [0.2, 0.25) is 0 Å². The summed E-state index contributed by atoms with van der Waals surface area (Å²) in [5.74, 6) is -1.59. The number of rotatable bonds is 81. The van der Waals surface area contributed by atoms with Crippen molar-refractivity contribution in [3.63, 3.8) is 0 Å². The molecule has 5 unspecified atom stereocenters. The SMILES string of the molecule is CC/C=C\C/C=C\C/C=C\C/C=C\C/C=C\CCCCCCCCCCCCCC(=O)OCC(COP(=O)(O)OCC(O)COP(=O)(O)OCC(O)COC(=O)CCCCCCCCCCCCCCCCC/C=C\C/C=C\C/C=C\C/C=C\CCCCC)OC(=O)CCCCCCC/C=C\C/C=C\C/C=C\CC. The average molecular weight is 1570 g/mol. The number of phosphoric ester groups is 2. The molecule has 0 aromatic heterocycles. The molecule has 0 saturated carbocycles. The van der Waals surface area contributed by atoms with Crippen LogP contribution in [0, 0.1) is 0 Å². The van der Waals surface area contributed by atoms with Crippen molar-refractivity contribution in [1.82, 2.24) is 0 Å². The number of esters is 3. The van der Waals surface area contributed by atoms with Gasteiger partial charge in [-0.2, -0.15) is 0 Å². The van der Waals surface area contributed by atoms with E-state index in [-0.39, 0.29) is 19.3 Å². The molecule has 0 amide bonds. The fraction of sp³-hybridized carbons (Fsp3) is 0.703. The lowest BCUT2D eigenvalue weighted by Crippen LogP contribution is -2.30. The molecule has 16 nitrogen and oxygen atoms in total. The first-order valence-corrected chi connectivity index (χ1v) is 46.1. The van der Waals surface area contributed by atoms with Gasteiger partial charge in [0.15, 0.2) is 6.10 Å². The van der Waals surface area contributed by atoms with E-state index in [1.807, 2.05) is 0 Å². The van der Waals surface area contributed by atoms with E-state index in [4.69, 9.17) is 32.3 Å². The lowest BCUT2D eigenvalue weighted by Gasteiger charge is -2.21. The Balaban J connectivity index is 4.50. The molecule has 0 saturated heterocycles. The summed E-state index contributed by atoms with van der Waals surface area (Å²) >= 11 is 0.